The minimum atomic E-state index is -0.502. The first-order chi connectivity index (χ1) is 20.5. The molecule has 10 nitrogen and oxygen atoms in total. The number of hydrogen-bond acceptors (Lipinski definition) is 6. The van der Waals surface area contributed by atoms with Gasteiger partial charge in [-0.1, -0.05) is 83.0 Å². The number of likely N-dealkylation sites (N-methyl/N-ethyl adjacent to an activating group) is 1. The molecule has 240 valence electrons. The van der Waals surface area contributed by atoms with E-state index in [1.807, 2.05) is 52.0 Å². The van der Waals surface area contributed by atoms with E-state index < -0.39 is 5.91 Å². The van der Waals surface area contributed by atoms with E-state index in [-0.39, 0.29) is 36.9 Å². The van der Waals surface area contributed by atoms with Crippen molar-refractivity contribution < 1.29 is 23.9 Å². The number of ether oxygens (including phenoxy) is 1. The summed E-state index contributed by atoms with van der Waals surface area (Å²) in [5, 5.41) is 8.53. The highest BCUT2D eigenvalue weighted by Gasteiger charge is 2.21. The van der Waals surface area contributed by atoms with Crippen molar-refractivity contribution in [1.29, 1.82) is 0 Å². The van der Waals surface area contributed by atoms with Crippen molar-refractivity contribution in [2.45, 2.75) is 72.3 Å². The smallest absolute Gasteiger partial charge is 0.248 e. The Balaban J connectivity index is 0.000000968. The van der Waals surface area contributed by atoms with Gasteiger partial charge in [0.2, 0.25) is 23.6 Å². The molecule has 1 atom stereocenters. The lowest BCUT2D eigenvalue weighted by Gasteiger charge is -2.23. The number of amides is 4. The number of allylic oxidation sites excluding steroid dienone is 2. The topological polar surface area (TPSA) is 143 Å². The summed E-state index contributed by atoms with van der Waals surface area (Å²) in [5.41, 5.74) is 7.14. The molecule has 1 unspecified atom stereocenters. The van der Waals surface area contributed by atoms with E-state index in [9.17, 15) is 19.2 Å². The first-order valence-electron chi connectivity index (χ1n) is 15.1. The molecule has 43 heavy (non-hydrogen) atoms. The molecule has 1 aromatic carbocycles. The van der Waals surface area contributed by atoms with Gasteiger partial charge in [-0.15, -0.1) is 0 Å². The minimum Gasteiger partial charge on any atom is -0.492 e. The zero-order valence-electron chi connectivity index (χ0n) is 26.8. The van der Waals surface area contributed by atoms with Crippen molar-refractivity contribution in [2.75, 3.05) is 39.8 Å². The van der Waals surface area contributed by atoms with E-state index >= 15 is 0 Å². The molecule has 1 saturated carbocycles. The molecule has 1 heterocycles. The number of nitrogens with one attached hydrogen (secondary N) is 3. The van der Waals surface area contributed by atoms with Crippen LogP contribution in [0.5, 0.6) is 5.75 Å². The predicted octanol–water partition coefficient (Wildman–Crippen LogP) is 3.43. The van der Waals surface area contributed by atoms with Crippen LogP contribution >= 0.6 is 0 Å². The summed E-state index contributed by atoms with van der Waals surface area (Å²) in [7, 11) is 1.58. The number of carbonyl (C=O) groups excluding carboxylic acids is 4. The van der Waals surface area contributed by atoms with Crippen LogP contribution < -0.4 is 26.4 Å². The summed E-state index contributed by atoms with van der Waals surface area (Å²) in [6.45, 7) is 16.0. The standard InChI is InChI=1S/C20H30N4O4.C8H11NO.C3H6.C2H6/c1-3-16-20(27)24(2)14-19(26)23-13-18(25)22-10-6-8-15-7-4-5-9-17(15)28-12-11-21-16;1-6(2)4-5-7(3)8(9)10;1-2-3-1;1-2/h4-5,7,9,16,21H,3,6,8,10-14H2,1-2H3,(H,22,25)(H,23,26);4-5H,1,3H2,2H3,(H2,9,10);1-3H2;1-2H3/b;5-4-;;. The Bertz CT molecular complexity index is 1060. The molecular formula is C33H53N5O5. The van der Waals surface area contributed by atoms with Crippen molar-refractivity contribution in [1.82, 2.24) is 20.9 Å². The molecule has 0 radical (unpaired) electrons. The summed E-state index contributed by atoms with van der Waals surface area (Å²) in [6.07, 6.45) is 9.88. The second kappa shape index (κ2) is 23.6. The molecular weight excluding hydrogens is 546 g/mol. The first-order valence-corrected chi connectivity index (χ1v) is 15.1. The van der Waals surface area contributed by atoms with E-state index in [0.29, 0.717) is 31.7 Å². The molecule has 3 rings (SSSR count). The zero-order chi connectivity index (χ0) is 32.6. The van der Waals surface area contributed by atoms with Gasteiger partial charge in [-0.3, -0.25) is 19.2 Å². The van der Waals surface area contributed by atoms with Crippen molar-refractivity contribution in [3.05, 3.63) is 66.3 Å². The van der Waals surface area contributed by atoms with E-state index in [0.717, 1.165) is 29.7 Å². The fraction of sp³-hybridized carbons (Fsp3) is 0.515. The predicted molar refractivity (Wildman–Crippen MR) is 173 cm³/mol. The fourth-order valence-corrected chi connectivity index (χ4v) is 3.34. The van der Waals surface area contributed by atoms with E-state index in [4.69, 9.17) is 10.5 Å². The quantitative estimate of drug-likeness (QED) is 0.309. The van der Waals surface area contributed by atoms with Gasteiger partial charge in [0.25, 0.3) is 0 Å². The Morgan fingerprint density at radius 1 is 1.02 bits per heavy atom. The monoisotopic (exact) mass is 599 g/mol. The Labute approximate surface area is 258 Å². The number of rotatable bonds is 4. The molecule has 1 fully saturated rings. The van der Waals surface area contributed by atoms with Crippen LogP contribution in [-0.4, -0.2) is 74.4 Å². The zero-order valence-corrected chi connectivity index (χ0v) is 26.8. The van der Waals surface area contributed by atoms with Crippen LogP contribution in [0, 0.1) is 0 Å². The van der Waals surface area contributed by atoms with Gasteiger partial charge in [0, 0.05) is 25.7 Å². The van der Waals surface area contributed by atoms with Crippen LogP contribution in [0.15, 0.2) is 60.7 Å². The van der Waals surface area contributed by atoms with Gasteiger partial charge >= 0.3 is 0 Å². The van der Waals surface area contributed by atoms with Crippen molar-refractivity contribution in [3.63, 3.8) is 0 Å². The fourth-order valence-electron chi connectivity index (χ4n) is 3.34. The number of primary amides is 1. The van der Waals surface area contributed by atoms with Crippen LogP contribution in [0.1, 0.15) is 65.4 Å². The van der Waals surface area contributed by atoms with E-state index in [1.165, 1.54) is 24.2 Å². The Morgan fingerprint density at radius 2 is 1.67 bits per heavy atom. The average molecular weight is 600 g/mol. The SMILES string of the molecule is C1CC1.C=C(C)/C=C\C(=C)C(N)=O.CC.CCC1NCCOc2ccccc2CCCNC(=O)CNC(=O)CN(C)C1=O. The number of fused-ring (bicyclic) bond motifs is 1. The first kappa shape index (κ1) is 39.1. The second-order valence-electron chi connectivity index (χ2n) is 9.93. The third-order valence-electron chi connectivity index (χ3n) is 5.82. The number of nitrogens with two attached hydrogens (primary N) is 1. The molecule has 0 bridgehead atoms. The number of aryl methyl sites for hydroxylation is 1. The molecule has 10 heteroatoms. The normalized spacial score (nSPS) is 17.7. The minimum absolute atomic E-state index is 0.0891. The number of para-hydroxylation sites is 1. The molecule has 0 aromatic heterocycles. The van der Waals surface area contributed by atoms with Gasteiger partial charge in [0.05, 0.1) is 19.1 Å². The van der Waals surface area contributed by atoms with Crippen molar-refractivity contribution in [3.8, 4) is 5.75 Å². The second-order valence-corrected chi connectivity index (χ2v) is 9.93. The third-order valence-corrected chi connectivity index (χ3v) is 5.82. The Kier molecular flexibility index (Phi) is 21.5. The van der Waals surface area contributed by atoms with Crippen LogP contribution in [0.2, 0.25) is 0 Å². The third kappa shape index (κ3) is 19.8. The van der Waals surface area contributed by atoms with Crippen molar-refractivity contribution in [2.24, 2.45) is 5.73 Å². The molecule has 0 saturated heterocycles. The maximum atomic E-state index is 12.5. The Hall–Kier alpha value is -3.92. The summed E-state index contributed by atoms with van der Waals surface area (Å²) in [4.78, 5) is 48.1. The van der Waals surface area contributed by atoms with Gasteiger partial charge in [0.15, 0.2) is 0 Å². The molecule has 0 spiro atoms. The molecule has 1 aromatic rings. The number of benzene rings is 1. The highest BCUT2D eigenvalue weighted by Crippen LogP contribution is 2.19. The number of nitrogens with zero attached hydrogens (tertiary/aromatic N) is 1. The Morgan fingerprint density at radius 3 is 2.26 bits per heavy atom. The lowest BCUT2D eigenvalue weighted by atomic mass is 10.1. The molecule has 1 aliphatic heterocycles. The van der Waals surface area contributed by atoms with Crippen LogP contribution in [0.3, 0.4) is 0 Å². The highest BCUT2D eigenvalue weighted by molar-refractivity contribution is 5.94. The summed E-state index contributed by atoms with van der Waals surface area (Å²) in [6, 6.07) is 7.44. The highest BCUT2D eigenvalue weighted by atomic mass is 16.5. The maximum Gasteiger partial charge on any atom is 0.248 e. The maximum absolute atomic E-state index is 12.5. The molecule has 2 aliphatic rings. The largest absolute Gasteiger partial charge is 0.492 e. The lowest BCUT2D eigenvalue weighted by Crippen LogP contribution is -2.49. The summed E-state index contributed by atoms with van der Waals surface area (Å²) in [5.74, 6) is -0.457. The average Bonchev–Trinajstić information content (AvgIpc) is 3.88. The lowest BCUT2D eigenvalue weighted by molar-refractivity contribution is -0.136. The van der Waals surface area contributed by atoms with Crippen LogP contribution in [-0.2, 0) is 25.6 Å². The van der Waals surface area contributed by atoms with Gasteiger partial charge in [0.1, 0.15) is 12.4 Å². The van der Waals surface area contributed by atoms with Crippen molar-refractivity contribution >= 4 is 23.6 Å². The van der Waals surface area contributed by atoms with E-state index in [1.54, 1.807) is 19.2 Å². The summed E-state index contributed by atoms with van der Waals surface area (Å²) < 4.78 is 5.89. The van der Waals surface area contributed by atoms with Gasteiger partial charge in [-0.25, -0.2) is 0 Å². The van der Waals surface area contributed by atoms with Gasteiger partial charge < -0.3 is 31.3 Å². The van der Waals surface area contributed by atoms with Crippen LogP contribution in [0.4, 0.5) is 0 Å². The summed E-state index contributed by atoms with van der Waals surface area (Å²) >= 11 is 0. The van der Waals surface area contributed by atoms with Gasteiger partial charge in [-0.2, -0.15) is 0 Å². The molecule has 5 N–H and O–H groups in total. The molecule has 4 amide bonds. The molecule has 1 aliphatic carbocycles. The van der Waals surface area contributed by atoms with Crippen LogP contribution in [0.25, 0.3) is 0 Å². The number of hydrogen-bond donors (Lipinski definition) is 4. The van der Waals surface area contributed by atoms with Gasteiger partial charge in [-0.05, 0) is 43.9 Å². The van der Waals surface area contributed by atoms with E-state index in [2.05, 4.69) is 29.1 Å². The number of carbonyl (C=O) groups is 4.